The molecule has 0 spiro atoms. The van der Waals surface area contributed by atoms with E-state index in [0.717, 1.165) is 0 Å². The van der Waals surface area contributed by atoms with Crippen molar-refractivity contribution in [1.82, 2.24) is 0 Å². The van der Waals surface area contributed by atoms with Crippen LogP contribution in [0.2, 0.25) is 0 Å². The normalized spacial score (nSPS) is 4.50. The topological polar surface area (TPSA) is 101 Å². The fourth-order valence-electron chi connectivity index (χ4n) is 0. The molecule has 39 valence electrons. The predicted molar refractivity (Wildman–Crippen MR) is 9.37 cm³/mol. The van der Waals surface area contributed by atoms with Crippen molar-refractivity contribution < 1.29 is 37.0 Å². The second kappa shape index (κ2) is 9.04. The van der Waals surface area contributed by atoms with E-state index >= 15 is 0 Å². The molecule has 0 unspecified atom stereocenters. The minimum absolute atomic E-state index is 0. The zero-order valence-electron chi connectivity index (χ0n) is 2.62. The van der Waals surface area contributed by atoms with E-state index in [1.54, 1.807) is 0 Å². The molecule has 0 saturated heterocycles. The molecule has 4 nitrogen and oxygen atoms in total. The van der Waals surface area contributed by atoms with Crippen molar-refractivity contribution in [2.75, 3.05) is 0 Å². The van der Waals surface area contributed by atoms with Crippen LogP contribution in [-0.4, -0.2) is 12.8 Å². The Hall–Kier alpha value is 0.398. The molecule has 2 N–H and O–H groups in total. The maximum absolute atomic E-state index is 8.42. The van der Waals surface area contributed by atoms with Crippen LogP contribution in [0.3, 0.4) is 0 Å². The van der Waals surface area contributed by atoms with E-state index in [1.165, 1.54) is 0 Å². The Labute approximate surface area is 45.2 Å². The van der Waals surface area contributed by atoms with Gasteiger partial charge in [0.25, 0.3) is 0 Å². The number of hydrogen-bond donors (Lipinski definition) is 0. The molecule has 0 amide bonds. The van der Waals surface area contributed by atoms with Gasteiger partial charge in [-0.3, -0.25) is 7.32 Å². The van der Waals surface area contributed by atoms with Gasteiger partial charge in [-0.2, -0.15) is 0 Å². The van der Waals surface area contributed by atoms with Crippen LogP contribution in [0.15, 0.2) is 0 Å². The molecule has 0 aliphatic carbocycles. The molecule has 0 aliphatic heterocycles. The summed E-state index contributed by atoms with van der Waals surface area (Å²) in [5.74, 6) is 0. The molecule has 0 aromatic rings. The Bertz CT molecular complexity index is 12.3. The first kappa shape index (κ1) is 16.1. The molecule has 1 radical (unpaired) electrons. The molecule has 0 heterocycles. The van der Waals surface area contributed by atoms with Gasteiger partial charge in [-0.1, -0.05) is 0 Å². The van der Waals surface area contributed by atoms with E-state index in [-0.39, 0.29) is 22.0 Å². The molecule has 0 saturated carbocycles. The Morgan fingerprint density at radius 1 is 1.00 bits per heavy atom. The summed E-state index contributed by atoms with van der Waals surface area (Å²) in [6.07, 6.45) is 0. The zero-order valence-corrected chi connectivity index (χ0v) is 3.61. The second-order valence-electron chi connectivity index (χ2n) is 0.289. The van der Waals surface area contributed by atoms with Gasteiger partial charge in [0.1, 0.15) is 0 Å². The second-order valence-corrected chi connectivity index (χ2v) is 0.289. The van der Waals surface area contributed by atoms with E-state index in [4.69, 9.17) is 15.1 Å². The average molecular weight is 136 g/mol. The third-order valence-corrected chi connectivity index (χ3v) is 0. The van der Waals surface area contributed by atoms with Crippen molar-refractivity contribution in [3.63, 3.8) is 0 Å². The fraction of sp³-hybridized carbons (Fsp3) is 0. The Balaban J connectivity index is -0.0000000450. The van der Waals surface area contributed by atoms with Crippen LogP contribution >= 0.6 is 0 Å². The van der Waals surface area contributed by atoms with Crippen molar-refractivity contribution in [3.05, 3.63) is 0 Å². The van der Waals surface area contributed by atoms with E-state index < -0.39 is 7.32 Å². The van der Waals surface area contributed by atoms with E-state index in [2.05, 4.69) is 0 Å². The quantitative estimate of drug-likeness (QED) is 0.312. The Kier molecular flexibility index (Phi) is 24.3. The van der Waals surface area contributed by atoms with Gasteiger partial charge in [-0.15, -0.1) is 0 Å². The van der Waals surface area contributed by atoms with Gasteiger partial charge in [0.2, 0.25) is 0 Å². The average Bonchev–Trinajstić information content (AvgIpc) is 0.811. The first-order valence-corrected chi connectivity index (χ1v) is 0.707. The van der Waals surface area contributed by atoms with Gasteiger partial charge < -0.3 is 20.5 Å². The summed E-state index contributed by atoms with van der Waals surface area (Å²) in [6, 6.07) is 0. The number of hydrogen-bond acceptors (Lipinski definition) is 3. The first-order chi connectivity index (χ1) is 1.73. The molecule has 0 aromatic carbocycles. The molecule has 6 heavy (non-hydrogen) atoms. The van der Waals surface area contributed by atoms with Crippen LogP contribution < -0.4 is 15.1 Å². The minimum atomic E-state index is -2.92. The molecule has 0 fully saturated rings. The van der Waals surface area contributed by atoms with Crippen molar-refractivity contribution in [1.29, 1.82) is 0 Å². The molecule has 0 rings (SSSR count). The first-order valence-electron chi connectivity index (χ1n) is 0.707. The van der Waals surface area contributed by atoms with Crippen molar-refractivity contribution in [2.45, 2.75) is 0 Å². The molecular weight excluding hydrogens is 134 g/mol. The fourth-order valence-corrected chi connectivity index (χ4v) is 0. The maximum atomic E-state index is 8.42. The van der Waals surface area contributed by atoms with Gasteiger partial charge >= 0.3 is 16.5 Å². The minimum Gasteiger partial charge on any atom is -0.907 e. The van der Waals surface area contributed by atoms with E-state index in [9.17, 15) is 0 Å². The van der Waals surface area contributed by atoms with Crippen LogP contribution in [0, 0.1) is 0 Å². The van der Waals surface area contributed by atoms with Gasteiger partial charge in [-0.05, 0) is 0 Å². The van der Waals surface area contributed by atoms with Gasteiger partial charge in [-0.25, -0.2) is 0 Å². The molecule has 6 heteroatoms. The number of rotatable bonds is 0. The monoisotopic (exact) mass is 135 g/mol. The van der Waals surface area contributed by atoms with Crippen LogP contribution in [0.1, 0.15) is 0 Å². The van der Waals surface area contributed by atoms with E-state index in [1.807, 2.05) is 0 Å². The van der Waals surface area contributed by atoms with Crippen molar-refractivity contribution >= 4 is 7.32 Å². The summed E-state index contributed by atoms with van der Waals surface area (Å²) in [5, 5.41) is 25.2. The maximum Gasteiger partial charge on any atom is 3.00 e. The third kappa shape index (κ3) is 320. The molecule has 0 bridgehead atoms. The van der Waals surface area contributed by atoms with Crippen LogP contribution in [0.25, 0.3) is 0 Å². The van der Waals surface area contributed by atoms with Crippen molar-refractivity contribution in [3.8, 4) is 0 Å². The summed E-state index contributed by atoms with van der Waals surface area (Å²) in [7, 11) is -2.92. The Morgan fingerprint density at radius 3 is 1.00 bits per heavy atom. The molecule has 0 aliphatic rings. The van der Waals surface area contributed by atoms with Gasteiger partial charge in [0.05, 0.1) is 0 Å². The van der Waals surface area contributed by atoms with Crippen LogP contribution in [-0.2, 0) is 16.5 Å². The SMILES string of the molecule is O.[Ni+3].[O-]B([O-])[O-]. The third-order valence-electron chi connectivity index (χ3n) is 0. The smallest absolute Gasteiger partial charge is 0.907 e. The summed E-state index contributed by atoms with van der Waals surface area (Å²) in [6.45, 7) is 0. The van der Waals surface area contributed by atoms with Crippen molar-refractivity contribution in [2.24, 2.45) is 0 Å². The molecular formula is H2BNiO4. The summed E-state index contributed by atoms with van der Waals surface area (Å²) in [5.41, 5.74) is 0. The summed E-state index contributed by atoms with van der Waals surface area (Å²) >= 11 is 0. The largest absolute Gasteiger partial charge is 3.00 e. The van der Waals surface area contributed by atoms with Gasteiger partial charge in [0, 0.05) is 0 Å². The van der Waals surface area contributed by atoms with Crippen LogP contribution in [0.4, 0.5) is 0 Å². The zero-order chi connectivity index (χ0) is 3.58. The van der Waals surface area contributed by atoms with Crippen LogP contribution in [0.5, 0.6) is 0 Å². The predicted octanol–water partition coefficient (Wildman–Crippen LogP) is -4.77. The van der Waals surface area contributed by atoms with E-state index in [0.29, 0.717) is 0 Å². The van der Waals surface area contributed by atoms with Gasteiger partial charge in [0.15, 0.2) is 0 Å². The Morgan fingerprint density at radius 2 is 1.00 bits per heavy atom. The molecule has 0 atom stereocenters. The summed E-state index contributed by atoms with van der Waals surface area (Å²) in [4.78, 5) is 0. The standard InChI is InChI=1S/BO3.Ni.H2O/c2-1(3)4;;/h;;1H2/q-3;+3;. The summed E-state index contributed by atoms with van der Waals surface area (Å²) < 4.78 is 0. The molecule has 0 aromatic heterocycles.